The third-order valence-electron chi connectivity index (χ3n) is 8.08. The SMILES string of the molecule is CC(C)C[C@H](NC(=O)c1ccc(C(C)(C)C)cc1)C(=O)N1CCC2C1C(=O)CN2C(=O)c1cncc(-c2cccs2)c1. The molecule has 2 aliphatic heterocycles. The van der Waals surface area contributed by atoms with Gasteiger partial charge >= 0.3 is 0 Å². The van der Waals surface area contributed by atoms with Gasteiger partial charge in [-0.15, -0.1) is 11.3 Å². The van der Waals surface area contributed by atoms with Crippen LogP contribution in [-0.2, 0) is 15.0 Å². The van der Waals surface area contributed by atoms with Gasteiger partial charge in [-0.2, -0.15) is 0 Å². The lowest BCUT2D eigenvalue weighted by atomic mass is 9.86. The summed E-state index contributed by atoms with van der Waals surface area (Å²) in [5.41, 5.74) is 2.83. The Morgan fingerprint density at radius 3 is 2.43 bits per heavy atom. The van der Waals surface area contributed by atoms with Crippen LogP contribution in [0, 0.1) is 5.92 Å². The second-order valence-corrected chi connectivity index (χ2v) is 13.6. The fraction of sp³-hybridized carbons (Fsp3) is 0.424. The van der Waals surface area contributed by atoms with Crippen LogP contribution >= 0.6 is 11.3 Å². The first kappa shape index (κ1) is 29.6. The average molecular weight is 587 g/mol. The highest BCUT2D eigenvalue weighted by Gasteiger charge is 2.52. The van der Waals surface area contributed by atoms with Crippen molar-refractivity contribution in [2.45, 2.75) is 71.0 Å². The normalized spacial score (nSPS) is 19.2. The minimum Gasteiger partial charge on any atom is -0.340 e. The molecule has 0 aliphatic carbocycles. The van der Waals surface area contributed by atoms with Crippen molar-refractivity contribution in [3.05, 3.63) is 76.9 Å². The van der Waals surface area contributed by atoms with E-state index in [4.69, 9.17) is 0 Å². The first-order valence-corrected chi connectivity index (χ1v) is 15.4. The van der Waals surface area contributed by atoms with E-state index >= 15 is 0 Å². The minimum absolute atomic E-state index is 0.0378. The van der Waals surface area contributed by atoms with Crippen LogP contribution in [0.2, 0.25) is 0 Å². The van der Waals surface area contributed by atoms with Gasteiger partial charge in [-0.25, -0.2) is 0 Å². The van der Waals surface area contributed by atoms with E-state index in [0.29, 0.717) is 30.5 Å². The van der Waals surface area contributed by atoms with Gasteiger partial charge in [0.1, 0.15) is 12.1 Å². The Balaban J connectivity index is 1.31. The van der Waals surface area contributed by atoms with Crippen molar-refractivity contribution < 1.29 is 19.2 Å². The molecule has 8 nitrogen and oxygen atoms in total. The molecule has 3 atom stereocenters. The van der Waals surface area contributed by atoms with E-state index in [9.17, 15) is 19.2 Å². The van der Waals surface area contributed by atoms with Gasteiger partial charge in [-0.1, -0.05) is 52.8 Å². The number of ketones is 1. The number of amides is 3. The highest BCUT2D eigenvalue weighted by molar-refractivity contribution is 7.13. The number of thiophene rings is 1. The summed E-state index contributed by atoms with van der Waals surface area (Å²) in [7, 11) is 0. The highest BCUT2D eigenvalue weighted by Crippen LogP contribution is 2.33. The fourth-order valence-corrected chi connectivity index (χ4v) is 6.60. The molecule has 3 aromatic rings. The van der Waals surface area contributed by atoms with Crippen molar-refractivity contribution in [2.24, 2.45) is 5.92 Å². The summed E-state index contributed by atoms with van der Waals surface area (Å²) in [6.07, 6.45) is 4.19. The summed E-state index contributed by atoms with van der Waals surface area (Å²) in [6, 6.07) is 11.3. The number of pyridine rings is 1. The van der Waals surface area contributed by atoms with Crippen molar-refractivity contribution in [1.82, 2.24) is 20.1 Å². The molecule has 0 saturated carbocycles. The third-order valence-corrected chi connectivity index (χ3v) is 9.00. The average Bonchev–Trinajstić information content (AvgIpc) is 3.71. The van der Waals surface area contributed by atoms with Crippen LogP contribution in [0.4, 0.5) is 0 Å². The molecular formula is C33H38N4O4S. The Morgan fingerprint density at radius 2 is 1.79 bits per heavy atom. The summed E-state index contributed by atoms with van der Waals surface area (Å²) < 4.78 is 0. The molecule has 2 aromatic heterocycles. The second-order valence-electron chi connectivity index (χ2n) is 12.7. The fourth-order valence-electron chi connectivity index (χ4n) is 5.90. The van der Waals surface area contributed by atoms with E-state index in [1.54, 1.807) is 45.5 Å². The standard InChI is InChI=1S/C33H38N4O4S/c1-20(2)15-25(35-30(39)21-8-10-24(11-9-21)33(3,4)5)32(41)36-13-12-26-29(36)27(38)19-37(26)31(40)23-16-22(17-34-18-23)28-7-6-14-42-28/h6-11,14,16-18,20,25-26,29H,12-13,15,19H2,1-5H3,(H,35,39)/t25-,26?,29?/m0/s1. The highest BCUT2D eigenvalue weighted by atomic mass is 32.1. The van der Waals surface area contributed by atoms with E-state index in [2.05, 4.69) is 31.1 Å². The summed E-state index contributed by atoms with van der Waals surface area (Å²) in [5, 5.41) is 4.91. The molecule has 2 aliphatic rings. The smallest absolute Gasteiger partial charge is 0.256 e. The number of Topliss-reactive ketones (excluding diaryl/α,β-unsaturated/α-hetero) is 1. The molecule has 0 radical (unpaired) electrons. The van der Waals surface area contributed by atoms with Crippen molar-refractivity contribution in [2.75, 3.05) is 13.1 Å². The molecule has 1 N–H and O–H groups in total. The van der Waals surface area contributed by atoms with Gasteiger partial charge in [0, 0.05) is 34.9 Å². The van der Waals surface area contributed by atoms with E-state index in [0.717, 1.165) is 16.0 Å². The van der Waals surface area contributed by atoms with Crippen LogP contribution in [0.15, 0.2) is 60.2 Å². The summed E-state index contributed by atoms with van der Waals surface area (Å²) >= 11 is 1.57. The first-order valence-electron chi connectivity index (χ1n) is 14.5. The minimum atomic E-state index is -0.775. The second kappa shape index (κ2) is 11.8. The predicted octanol–water partition coefficient (Wildman–Crippen LogP) is 4.95. The van der Waals surface area contributed by atoms with Crippen molar-refractivity contribution in [3.63, 3.8) is 0 Å². The van der Waals surface area contributed by atoms with E-state index < -0.39 is 18.1 Å². The molecule has 0 bridgehead atoms. The van der Waals surface area contributed by atoms with Crippen LogP contribution in [0.25, 0.3) is 10.4 Å². The Bertz CT molecular complexity index is 1480. The Kier molecular flexibility index (Phi) is 8.32. The maximum absolute atomic E-state index is 13.9. The van der Waals surface area contributed by atoms with Gasteiger partial charge in [-0.3, -0.25) is 24.2 Å². The molecule has 0 spiro atoms. The summed E-state index contributed by atoms with van der Waals surface area (Å²) in [4.78, 5) is 62.4. The number of carbonyl (C=O) groups excluding carboxylic acids is 4. The van der Waals surface area contributed by atoms with E-state index in [1.165, 1.54) is 6.20 Å². The molecule has 220 valence electrons. The number of rotatable bonds is 7. The molecular weight excluding hydrogens is 548 g/mol. The van der Waals surface area contributed by atoms with Gasteiger partial charge in [0.2, 0.25) is 5.91 Å². The lowest BCUT2D eigenvalue weighted by Crippen LogP contribution is -2.53. The number of nitrogens with zero attached hydrogens (tertiary/aromatic N) is 3. The molecule has 42 heavy (non-hydrogen) atoms. The maximum atomic E-state index is 13.9. The summed E-state index contributed by atoms with van der Waals surface area (Å²) in [5.74, 6) is -0.880. The van der Waals surface area contributed by atoms with Crippen molar-refractivity contribution >= 4 is 34.8 Å². The van der Waals surface area contributed by atoms with Gasteiger partial charge in [0.05, 0.1) is 18.2 Å². The van der Waals surface area contributed by atoms with Crippen LogP contribution in [0.5, 0.6) is 0 Å². The van der Waals surface area contributed by atoms with Crippen LogP contribution in [-0.4, -0.2) is 69.5 Å². The van der Waals surface area contributed by atoms with Gasteiger partial charge in [0.25, 0.3) is 11.8 Å². The molecule has 4 heterocycles. The molecule has 5 rings (SSSR count). The maximum Gasteiger partial charge on any atom is 0.256 e. The zero-order chi connectivity index (χ0) is 30.2. The lowest BCUT2D eigenvalue weighted by molar-refractivity contribution is -0.138. The van der Waals surface area contributed by atoms with Crippen molar-refractivity contribution in [1.29, 1.82) is 0 Å². The van der Waals surface area contributed by atoms with Crippen LogP contribution in [0.3, 0.4) is 0 Å². The first-order chi connectivity index (χ1) is 19.9. The molecule has 2 saturated heterocycles. The summed E-state index contributed by atoms with van der Waals surface area (Å²) in [6.45, 7) is 10.6. The number of aromatic nitrogens is 1. The van der Waals surface area contributed by atoms with Gasteiger partial charge in [-0.05, 0) is 59.4 Å². The van der Waals surface area contributed by atoms with Crippen molar-refractivity contribution in [3.8, 4) is 10.4 Å². The molecule has 9 heteroatoms. The molecule has 2 fully saturated rings. The quantitative estimate of drug-likeness (QED) is 0.423. The Labute approximate surface area is 251 Å². The number of fused-ring (bicyclic) bond motifs is 1. The zero-order valence-corrected chi connectivity index (χ0v) is 25.6. The van der Waals surface area contributed by atoms with E-state index in [-0.39, 0.29) is 41.4 Å². The largest absolute Gasteiger partial charge is 0.340 e. The number of likely N-dealkylation sites (tertiary alicyclic amines) is 2. The van der Waals surface area contributed by atoms with E-state index in [1.807, 2.05) is 43.5 Å². The van der Waals surface area contributed by atoms with Gasteiger partial charge in [0.15, 0.2) is 5.78 Å². The Hall–Kier alpha value is -3.85. The monoisotopic (exact) mass is 586 g/mol. The molecule has 1 aromatic carbocycles. The number of benzene rings is 1. The molecule has 2 unspecified atom stereocenters. The Morgan fingerprint density at radius 1 is 1.05 bits per heavy atom. The van der Waals surface area contributed by atoms with Crippen LogP contribution in [0.1, 0.15) is 73.7 Å². The number of hydrogen-bond acceptors (Lipinski definition) is 6. The number of nitrogens with one attached hydrogen (secondary N) is 1. The molecule has 3 amide bonds. The topological polar surface area (TPSA) is 99.7 Å². The number of hydrogen-bond donors (Lipinski definition) is 1. The van der Waals surface area contributed by atoms with Crippen LogP contribution < -0.4 is 5.32 Å². The zero-order valence-electron chi connectivity index (χ0n) is 24.8. The third kappa shape index (κ3) is 6.02. The van der Waals surface area contributed by atoms with Gasteiger partial charge < -0.3 is 15.1 Å². The predicted molar refractivity (Wildman–Crippen MR) is 163 cm³/mol. The lowest BCUT2D eigenvalue weighted by Gasteiger charge is -2.29. The number of carbonyl (C=O) groups is 4.